The summed E-state index contributed by atoms with van der Waals surface area (Å²) in [6.45, 7) is 4.01. The quantitative estimate of drug-likeness (QED) is 0.644. The van der Waals surface area contributed by atoms with Crippen LogP contribution in [-0.4, -0.2) is 9.38 Å². The van der Waals surface area contributed by atoms with E-state index < -0.39 is 0 Å². The van der Waals surface area contributed by atoms with E-state index in [2.05, 4.69) is 20.9 Å². The number of hydrogen-bond acceptors (Lipinski definition) is 1. The minimum Gasteiger partial charge on any atom is -0.302 e. The van der Waals surface area contributed by atoms with Gasteiger partial charge in [-0.05, 0) is 53.5 Å². The third kappa shape index (κ3) is 2.06. The molecular weight excluding hydrogens is 307 g/mol. The van der Waals surface area contributed by atoms with E-state index in [0.717, 1.165) is 32.6 Å². The maximum atomic E-state index is 13.3. The average Bonchev–Trinajstić information content (AvgIpc) is 2.68. The van der Waals surface area contributed by atoms with Crippen molar-refractivity contribution in [2.24, 2.45) is 0 Å². The van der Waals surface area contributed by atoms with Crippen LogP contribution in [0.3, 0.4) is 0 Å². The summed E-state index contributed by atoms with van der Waals surface area (Å²) >= 11 is 3.49. The van der Waals surface area contributed by atoms with Gasteiger partial charge in [-0.1, -0.05) is 12.1 Å². The smallest absolute Gasteiger partial charge is 0.140 e. The number of aromatic nitrogens is 2. The van der Waals surface area contributed by atoms with Crippen LogP contribution in [0.25, 0.3) is 16.9 Å². The van der Waals surface area contributed by atoms with Crippen molar-refractivity contribution in [3.63, 3.8) is 0 Å². The molecule has 4 heteroatoms. The molecule has 0 aliphatic heterocycles. The summed E-state index contributed by atoms with van der Waals surface area (Å²) < 4.78 is 16.4. The second kappa shape index (κ2) is 4.46. The van der Waals surface area contributed by atoms with Crippen molar-refractivity contribution in [2.45, 2.75) is 13.8 Å². The van der Waals surface area contributed by atoms with Gasteiger partial charge in [-0.15, -0.1) is 0 Å². The highest BCUT2D eigenvalue weighted by atomic mass is 79.9. The van der Waals surface area contributed by atoms with Crippen LogP contribution in [-0.2, 0) is 0 Å². The molecule has 0 radical (unpaired) electrons. The topological polar surface area (TPSA) is 17.3 Å². The highest BCUT2D eigenvalue weighted by Crippen LogP contribution is 2.27. The first kappa shape index (κ1) is 12.4. The molecule has 96 valence electrons. The lowest BCUT2D eigenvalue weighted by Crippen LogP contribution is -1.90. The molecule has 0 aliphatic rings. The Morgan fingerprint density at radius 2 is 2.00 bits per heavy atom. The lowest BCUT2D eigenvalue weighted by Gasteiger charge is -2.01. The van der Waals surface area contributed by atoms with E-state index in [4.69, 9.17) is 0 Å². The maximum absolute atomic E-state index is 13.3. The number of rotatable bonds is 1. The van der Waals surface area contributed by atoms with Gasteiger partial charge in [-0.25, -0.2) is 9.37 Å². The Hall–Kier alpha value is -1.68. The number of imidazole rings is 1. The van der Waals surface area contributed by atoms with Crippen molar-refractivity contribution in [2.75, 3.05) is 0 Å². The molecule has 3 rings (SSSR count). The molecular formula is C15H12BrFN2. The molecule has 1 aromatic carbocycles. The normalized spacial score (nSPS) is 11.2. The van der Waals surface area contributed by atoms with Gasteiger partial charge in [0, 0.05) is 21.9 Å². The molecule has 0 spiro atoms. The fourth-order valence-electron chi connectivity index (χ4n) is 2.29. The lowest BCUT2D eigenvalue weighted by atomic mass is 10.1. The number of hydrogen-bond donors (Lipinski definition) is 0. The van der Waals surface area contributed by atoms with Crippen molar-refractivity contribution < 1.29 is 4.39 Å². The predicted molar refractivity (Wildman–Crippen MR) is 77.8 cm³/mol. The molecule has 19 heavy (non-hydrogen) atoms. The Morgan fingerprint density at radius 1 is 1.21 bits per heavy atom. The molecule has 0 saturated carbocycles. The third-order valence-electron chi connectivity index (χ3n) is 3.21. The van der Waals surface area contributed by atoms with Gasteiger partial charge in [-0.3, -0.25) is 0 Å². The SMILES string of the molecule is Cc1cc(Br)cn2c(C)c(-c3cccc(F)c3)nc12. The van der Waals surface area contributed by atoms with Gasteiger partial charge in [0.15, 0.2) is 0 Å². The maximum Gasteiger partial charge on any atom is 0.140 e. The fourth-order valence-corrected chi connectivity index (χ4v) is 2.84. The van der Waals surface area contributed by atoms with Crippen LogP contribution < -0.4 is 0 Å². The summed E-state index contributed by atoms with van der Waals surface area (Å²) in [7, 11) is 0. The number of halogens is 2. The molecule has 0 atom stereocenters. The number of benzene rings is 1. The molecule has 2 heterocycles. The van der Waals surface area contributed by atoms with Gasteiger partial charge >= 0.3 is 0 Å². The van der Waals surface area contributed by atoms with Crippen molar-refractivity contribution in [1.29, 1.82) is 0 Å². The average molecular weight is 319 g/mol. The van der Waals surface area contributed by atoms with E-state index in [9.17, 15) is 4.39 Å². The molecule has 0 fully saturated rings. The Balaban J connectivity index is 2.31. The van der Waals surface area contributed by atoms with Crippen molar-refractivity contribution in [3.05, 3.63) is 58.1 Å². The van der Waals surface area contributed by atoms with Crippen LogP contribution in [0.15, 0.2) is 41.0 Å². The number of pyridine rings is 1. The molecule has 0 N–H and O–H groups in total. The largest absolute Gasteiger partial charge is 0.302 e. The minimum atomic E-state index is -0.244. The first-order valence-corrected chi connectivity index (χ1v) is 6.76. The van der Waals surface area contributed by atoms with Gasteiger partial charge in [0.1, 0.15) is 11.5 Å². The number of aryl methyl sites for hydroxylation is 2. The van der Waals surface area contributed by atoms with Crippen LogP contribution >= 0.6 is 15.9 Å². The summed E-state index contributed by atoms with van der Waals surface area (Å²) in [5.74, 6) is -0.244. The van der Waals surface area contributed by atoms with Crippen LogP contribution in [0.2, 0.25) is 0 Å². The summed E-state index contributed by atoms with van der Waals surface area (Å²) in [5, 5.41) is 0. The van der Waals surface area contributed by atoms with E-state index in [1.807, 2.05) is 36.6 Å². The lowest BCUT2D eigenvalue weighted by molar-refractivity contribution is 0.628. The van der Waals surface area contributed by atoms with E-state index in [1.165, 1.54) is 12.1 Å². The zero-order valence-corrected chi connectivity index (χ0v) is 12.2. The van der Waals surface area contributed by atoms with Gasteiger partial charge < -0.3 is 4.40 Å². The van der Waals surface area contributed by atoms with Crippen molar-refractivity contribution in [3.8, 4) is 11.3 Å². The van der Waals surface area contributed by atoms with E-state index in [1.54, 1.807) is 6.07 Å². The molecule has 3 aromatic rings. The number of fused-ring (bicyclic) bond motifs is 1. The molecule has 0 saturated heterocycles. The fraction of sp³-hybridized carbons (Fsp3) is 0.133. The van der Waals surface area contributed by atoms with Gasteiger partial charge in [0.25, 0.3) is 0 Å². The molecule has 0 bridgehead atoms. The third-order valence-corrected chi connectivity index (χ3v) is 3.64. The monoisotopic (exact) mass is 318 g/mol. The Labute approximate surface area is 119 Å². The summed E-state index contributed by atoms with van der Waals surface area (Å²) in [4.78, 5) is 4.64. The van der Waals surface area contributed by atoms with Gasteiger partial charge in [-0.2, -0.15) is 0 Å². The first-order chi connectivity index (χ1) is 9.06. The van der Waals surface area contributed by atoms with Gasteiger partial charge in [0.05, 0.1) is 5.69 Å². The van der Waals surface area contributed by atoms with Crippen LogP contribution in [0.1, 0.15) is 11.3 Å². The second-order valence-electron chi connectivity index (χ2n) is 4.59. The van der Waals surface area contributed by atoms with E-state index >= 15 is 0 Å². The molecule has 0 aliphatic carbocycles. The Morgan fingerprint density at radius 3 is 2.74 bits per heavy atom. The van der Waals surface area contributed by atoms with Crippen molar-refractivity contribution >= 4 is 21.6 Å². The highest BCUT2D eigenvalue weighted by molar-refractivity contribution is 9.10. The summed E-state index contributed by atoms with van der Waals surface area (Å²) in [6.07, 6.45) is 1.98. The molecule has 2 nitrogen and oxygen atoms in total. The Kier molecular flexibility index (Phi) is 2.90. The zero-order chi connectivity index (χ0) is 13.6. The predicted octanol–water partition coefficient (Wildman–Crippen LogP) is 4.52. The van der Waals surface area contributed by atoms with Crippen molar-refractivity contribution in [1.82, 2.24) is 9.38 Å². The summed E-state index contributed by atoms with van der Waals surface area (Å²) in [5.41, 5.74) is 4.61. The highest BCUT2D eigenvalue weighted by Gasteiger charge is 2.12. The van der Waals surface area contributed by atoms with E-state index in [-0.39, 0.29) is 5.82 Å². The summed E-state index contributed by atoms with van der Waals surface area (Å²) in [6, 6.07) is 8.56. The molecule has 0 unspecified atom stereocenters. The number of nitrogens with zero attached hydrogens (tertiary/aromatic N) is 2. The van der Waals surface area contributed by atoms with E-state index in [0.29, 0.717) is 0 Å². The van der Waals surface area contributed by atoms with Gasteiger partial charge in [0.2, 0.25) is 0 Å². The van der Waals surface area contributed by atoms with Crippen LogP contribution in [0, 0.1) is 19.7 Å². The Bertz CT molecular complexity index is 777. The standard InChI is InChI=1S/C15H12BrFN2/c1-9-6-12(16)8-19-10(2)14(18-15(9)19)11-4-3-5-13(17)7-11/h3-8H,1-2H3. The van der Waals surface area contributed by atoms with Crippen LogP contribution in [0.4, 0.5) is 4.39 Å². The molecule has 2 aromatic heterocycles. The zero-order valence-electron chi connectivity index (χ0n) is 10.6. The minimum absolute atomic E-state index is 0.244. The first-order valence-electron chi connectivity index (χ1n) is 5.97. The van der Waals surface area contributed by atoms with Crippen LogP contribution in [0.5, 0.6) is 0 Å². The second-order valence-corrected chi connectivity index (χ2v) is 5.51. The molecule has 0 amide bonds.